The van der Waals surface area contributed by atoms with Crippen molar-refractivity contribution in [1.29, 1.82) is 0 Å². The zero-order valence-corrected chi connectivity index (χ0v) is 17.3. The number of hydrogen-bond donors (Lipinski definition) is 3. The van der Waals surface area contributed by atoms with Crippen molar-refractivity contribution >= 4 is 30.4 Å². The normalized spacial score (nSPS) is 20.1. The van der Waals surface area contributed by atoms with Crippen LogP contribution in [0.2, 0.25) is 0 Å². The van der Waals surface area contributed by atoms with E-state index in [4.69, 9.17) is 13.7 Å². The highest BCUT2D eigenvalue weighted by atomic mass is 32.2. The summed E-state index contributed by atoms with van der Waals surface area (Å²) in [5.41, 5.74) is 0. The van der Waals surface area contributed by atoms with Crippen LogP contribution in [0.25, 0.3) is 0 Å². The van der Waals surface area contributed by atoms with Crippen molar-refractivity contribution in [2.24, 2.45) is 0 Å². The van der Waals surface area contributed by atoms with Gasteiger partial charge in [0, 0.05) is 58.9 Å². The number of hydrogen-bond acceptors (Lipinski definition) is 9. The second-order valence-corrected chi connectivity index (χ2v) is 11.1. The van der Waals surface area contributed by atoms with Gasteiger partial charge in [0.05, 0.1) is 17.3 Å². The highest BCUT2D eigenvalue weighted by Gasteiger charge is 2.20. The van der Waals surface area contributed by atoms with Crippen molar-refractivity contribution in [2.45, 2.75) is 0 Å². The first-order valence-corrected chi connectivity index (χ1v) is 13.1. The Kier molecular flexibility index (Phi) is 9.50. The van der Waals surface area contributed by atoms with E-state index in [9.17, 15) is 25.3 Å². The Bertz CT molecular complexity index is 651. The van der Waals surface area contributed by atoms with Crippen molar-refractivity contribution in [3.05, 3.63) is 0 Å². The second kappa shape index (κ2) is 10.4. The Hall–Kier alpha value is -0.390. The first kappa shape index (κ1) is 24.6. The van der Waals surface area contributed by atoms with Gasteiger partial charge in [-0.15, -0.1) is 0 Å². The standard InChI is InChI=1S/C12H27N3O9S3/c16-25(17,18)10-7-13-1-2-14(8-11-26(19,20)21)5-6-15(4-3-13)9-12-27(22,23)24/h1-12H2,(H,16,17,18)(H,19,20,21)(H,22,23,24). The SMILES string of the molecule is O=S(=O)(O)CCN1CCN(CCS(=O)(=O)O)CCN(CCS(=O)(=O)O)CC1. The molecular weight excluding hydrogens is 426 g/mol. The fourth-order valence-electron chi connectivity index (χ4n) is 2.59. The quantitative estimate of drug-likeness (QED) is 0.315. The molecule has 0 radical (unpaired) electrons. The summed E-state index contributed by atoms with van der Waals surface area (Å²) < 4.78 is 92.6. The third-order valence-electron chi connectivity index (χ3n) is 4.19. The lowest BCUT2D eigenvalue weighted by atomic mass is 10.4. The van der Waals surface area contributed by atoms with Crippen LogP contribution in [0.1, 0.15) is 0 Å². The van der Waals surface area contributed by atoms with Crippen molar-refractivity contribution in [3.63, 3.8) is 0 Å². The van der Waals surface area contributed by atoms with E-state index in [-0.39, 0.29) is 19.6 Å². The van der Waals surface area contributed by atoms with Crippen LogP contribution in [0.5, 0.6) is 0 Å². The van der Waals surface area contributed by atoms with Gasteiger partial charge in [-0.3, -0.25) is 28.4 Å². The molecule has 0 atom stereocenters. The Morgan fingerprint density at radius 1 is 0.481 bits per heavy atom. The largest absolute Gasteiger partial charge is 0.300 e. The van der Waals surface area contributed by atoms with E-state index < -0.39 is 47.6 Å². The predicted octanol–water partition coefficient (Wildman–Crippen LogP) is -2.43. The minimum atomic E-state index is -4.13. The highest BCUT2D eigenvalue weighted by molar-refractivity contribution is 7.86. The highest BCUT2D eigenvalue weighted by Crippen LogP contribution is 2.03. The topological polar surface area (TPSA) is 173 Å². The number of rotatable bonds is 9. The maximum atomic E-state index is 11.0. The summed E-state index contributed by atoms with van der Waals surface area (Å²) in [6, 6.07) is 0. The third kappa shape index (κ3) is 13.4. The zero-order valence-electron chi connectivity index (χ0n) is 14.8. The summed E-state index contributed by atoms with van der Waals surface area (Å²) in [5.74, 6) is -1.37. The lowest BCUT2D eigenvalue weighted by molar-refractivity contribution is 0.232. The first-order valence-electron chi connectivity index (χ1n) is 8.26. The molecule has 15 heteroatoms. The average molecular weight is 454 g/mol. The van der Waals surface area contributed by atoms with E-state index >= 15 is 0 Å². The van der Waals surface area contributed by atoms with Gasteiger partial charge in [0.1, 0.15) is 0 Å². The molecule has 1 aliphatic rings. The van der Waals surface area contributed by atoms with Gasteiger partial charge in [-0.05, 0) is 0 Å². The third-order valence-corrected chi connectivity index (χ3v) is 6.29. The maximum Gasteiger partial charge on any atom is 0.266 e. The monoisotopic (exact) mass is 453 g/mol. The predicted molar refractivity (Wildman–Crippen MR) is 98.6 cm³/mol. The fraction of sp³-hybridized carbons (Fsp3) is 1.00. The molecule has 0 aliphatic carbocycles. The molecule has 0 unspecified atom stereocenters. The van der Waals surface area contributed by atoms with E-state index in [2.05, 4.69) is 0 Å². The molecule has 0 bridgehead atoms. The summed E-state index contributed by atoms with van der Waals surface area (Å²) in [6.07, 6.45) is 0. The van der Waals surface area contributed by atoms with E-state index in [1.165, 1.54) is 0 Å². The van der Waals surface area contributed by atoms with Crippen LogP contribution in [0.4, 0.5) is 0 Å². The lowest BCUT2D eigenvalue weighted by Gasteiger charge is -2.25. The minimum absolute atomic E-state index is 0.0666. The smallest absolute Gasteiger partial charge is 0.266 e. The van der Waals surface area contributed by atoms with Crippen LogP contribution >= 0.6 is 0 Å². The molecule has 0 aromatic rings. The summed E-state index contributed by atoms with van der Waals surface area (Å²) in [7, 11) is -12.4. The van der Waals surface area contributed by atoms with E-state index in [0.29, 0.717) is 39.3 Å². The lowest BCUT2D eigenvalue weighted by Crippen LogP contribution is -2.39. The molecule has 1 fully saturated rings. The van der Waals surface area contributed by atoms with Crippen LogP contribution in [0.15, 0.2) is 0 Å². The Morgan fingerprint density at radius 3 is 0.815 bits per heavy atom. The molecule has 1 saturated heterocycles. The molecule has 0 aromatic heterocycles. The molecule has 27 heavy (non-hydrogen) atoms. The van der Waals surface area contributed by atoms with Gasteiger partial charge >= 0.3 is 0 Å². The summed E-state index contributed by atoms with van der Waals surface area (Å²) in [4.78, 5) is 5.29. The van der Waals surface area contributed by atoms with E-state index in [1.807, 2.05) is 0 Å². The molecular formula is C12H27N3O9S3. The van der Waals surface area contributed by atoms with Gasteiger partial charge in [0.2, 0.25) is 0 Å². The van der Waals surface area contributed by atoms with Gasteiger partial charge < -0.3 is 0 Å². The molecule has 12 nitrogen and oxygen atoms in total. The molecule has 0 amide bonds. The molecule has 162 valence electrons. The van der Waals surface area contributed by atoms with Crippen molar-refractivity contribution in [1.82, 2.24) is 14.7 Å². The van der Waals surface area contributed by atoms with Gasteiger partial charge in [0.15, 0.2) is 0 Å². The van der Waals surface area contributed by atoms with Crippen LogP contribution in [-0.2, 0) is 30.4 Å². The zero-order chi connectivity index (χ0) is 20.7. The number of nitrogens with zero attached hydrogens (tertiary/aromatic N) is 3. The molecule has 1 aliphatic heterocycles. The second-order valence-electron chi connectivity index (χ2n) is 6.38. The summed E-state index contributed by atoms with van der Waals surface area (Å²) in [5, 5.41) is 0. The van der Waals surface area contributed by atoms with Gasteiger partial charge in [-0.25, -0.2) is 0 Å². The Balaban J connectivity index is 2.77. The van der Waals surface area contributed by atoms with Crippen LogP contribution in [0.3, 0.4) is 0 Å². The Morgan fingerprint density at radius 2 is 0.667 bits per heavy atom. The summed E-state index contributed by atoms with van der Waals surface area (Å²) >= 11 is 0. The molecule has 0 spiro atoms. The van der Waals surface area contributed by atoms with Crippen LogP contribution in [0, 0.1) is 0 Å². The van der Waals surface area contributed by atoms with Gasteiger partial charge in [-0.2, -0.15) is 25.3 Å². The van der Waals surface area contributed by atoms with Crippen molar-refractivity contribution < 1.29 is 38.9 Å². The molecule has 3 N–H and O–H groups in total. The molecule has 0 saturated carbocycles. The fourth-order valence-corrected chi connectivity index (χ4v) is 4.05. The van der Waals surface area contributed by atoms with E-state index in [1.54, 1.807) is 14.7 Å². The van der Waals surface area contributed by atoms with Crippen LogP contribution < -0.4 is 0 Å². The Labute approximate surface area is 160 Å². The molecule has 0 aromatic carbocycles. The van der Waals surface area contributed by atoms with Crippen LogP contribution in [-0.4, -0.2) is 130 Å². The minimum Gasteiger partial charge on any atom is -0.300 e. The van der Waals surface area contributed by atoms with Gasteiger partial charge in [-0.1, -0.05) is 0 Å². The van der Waals surface area contributed by atoms with Crippen molar-refractivity contribution in [3.8, 4) is 0 Å². The van der Waals surface area contributed by atoms with Gasteiger partial charge in [0.25, 0.3) is 30.4 Å². The molecule has 1 rings (SSSR count). The first-order chi connectivity index (χ1) is 12.2. The molecule has 1 heterocycles. The van der Waals surface area contributed by atoms with Crippen molar-refractivity contribution in [2.75, 3.05) is 76.2 Å². The maximum absolute atomic E-state index is 11.0. The summed E-state index contributed by atoms with van der Waals surface area (Å²) in [6.45, 7) is 2.66. The van der Waals surface area contributed by atoms with E-state index in [0.717, 1.165) is 0 Å². The average Bonchev–Trinajstić information content (AvgIpc) is 2.57.